The number of carbonyl (C=O) groups excluding carboxylic acids is 2. The summed E-state index contributed by atoms with van der Waals surface area (Å²) >= 11 is 0. The SMILES string of the molecule is CC(C)(C)CCN1CCN(c2ccc3c(n2)N2C(CCCNc4cccc(n4)S(=O)(=O)NC3=O)CCC2(C)C)C1=O. The first-order valence-electron chi connectivity index (χ1n) is 14.4. The Bertz CT molecular complexity index is 1440. The molecular weight excluding hydrogens is 542 g/mol. The number of carbonyl (C=O) groups is 2. The predicted molar refractivity (Wildman–Crippen MR) is 159 cm³/mol. The summed E-state index contributed by atoms with van der Waals surface area (Å²) in [7, 11) is -4.24. The van der Waals surface area contributed by atoms with E-state index >= 15 is 0 Å². The van der Waals surface area contributed by atoms with Gasteiger partial charge in [-0.3, -0.25) is 9.69 Å². The van der Waals surface area contributed by atoms with E-state index < -0.39 is 15.9 Å². The number of aromatic nitrogens is 2. The fraction of sp³-hybridized carbons (Fsp3) is 0.586. The molecule has 2 aromatic heterocycles. The van der Waals surface area contributed by atoms with E-state index in [1.165, 1.54) is 6.07 Å². The number of hydrogen-bond donors (Lipinski definition) is 2. The fourth-order valence-corrected chi connectivity index (χ4v) is 6.80. The van der Waals surface area contributed by atoms with E-state index in [-0.39, 0.29) is 33.6 Å². The van der Waals surface area contributed by atoms with Crippen LogP contribution in [0.1, 0.15) is 77.1 Å². The number of pyridine rings is 2. The topological polar surface area (TPSA) is 128 Å². The second kappa shape index (κ2) is 10.8. The maximum atomic E-state index is 13.6. The number of urea groups is 1. The highest BCUT2D eigenvalue weighted by Gasteiger charge is 2.42. The average Bonchev–Trinajstić information content (AvgIpc) is 3.41. The van der Waals surface area contributed by atoms with Crippen LogP contribution in [0.5, 0.6) is 0 Å². The highest BCUT2D eigenvalue weighted by Crippen LogP contribution is 2.41. The van der Waals surface area contributed by atoms with Crippen molar-refractivity contribution in [1.82, 2.24) is 19.6 Å². The fourth-order valence-electron chi connectivity index (χ4n) is 5.87. The third-order valence-corrected chi connectivity index (χ3v) is 9.42. The number of sulfonamides is 1. The molecule has 2 aromatic rings. The molecule has 5 rings (SSSR count). The summed E-state index contributed by atoms with van der Waals surface area (Å²) in [5.41, 5.74) is -0.0637. The van der Waals surface area contributed by atoms with Crippen molar-refractivity contribution in [2.45, 2.75) is 83.3 Å². The number of nitrogens with zero attached hydrogens (tertiary/aromatic N) is 5. The van der Waals surface area contributed by atoms with Gasteiger partial charge >= 0.3 is 6.03 Å². The highest BCUT2D eigenvalue weighted by atomic mass is 32.2. The van der Waals surface area contributed by atoms with Crippen LogP contribution in [0.4, 0.5) is 22.2 Å². The van der Waals surface area contributed by atoms with Gasteiger partial charge in [0, 0.05) is 37.8 Å². The Hall–Kier alpha value is -3.41. The Morgan fingerprint density at radius 1 is 1.05 bits per heavy atom. The van der Waals surface area contributed by atoms with Crippen LogP contribution >= 0.6 is 0 Å². The Labute approximate surface area is 242 Å². The third kappa shape index (κ3) is 6.12. The molecule has 1 atom stereocenters. The molecule has 3 aliphatic heterocycles. The molecule has 0 radical (unpaired) electrons. The van der Waals surface area contributed by atoms with Gasteiger partial charge in [0.1, 0.15) is 17.5 Å². The van der Waals surface area contributed by atoms with Crippen LogP contribution in [0.25, 0.3) is 0 Å². The van der Waals surface area contributed by atoms with Crippen molar-refractivity contribution < 1.29 is 18.0 Å². The first-order valence-corrected chi connectivity index (χ1v) is 15.9. The van der Waals surface area contributed by atoms with Crippen LogP contribution in [-0.4, -0.2) is 73.0 Å². The van der Waals surface area contributed by atoms with E-state index in [0.717, 1.165) is 32.1 Å². The zero-order valence-electron chi connectivity index (χ0n) is 24.6. The molecule has 5 heterocycles. The van der Waals surface area contributed by atoms with Gasteiger partial charge in [0.2, 0.25) is 0 Å². The lowest BCUT2D eigenvalue weighted by Crippen LogP contribution is -2.45. The molecule has 0 saturated carbocycles. The molecule has 1 unspecified atom stereocenters. The summed E-state index contributed by atoms with van der Waals surface area (Å²) in [6.07, 6.45) is 4.36. The van der Waals surface area contributed by atoms with E-state index in [0.29, 0.717) is 43.6 Å². The number of rotatable bonds is 3. The maximum Gasteiger partial charge on any atom is 0.325 e. The molecular formula is C29H41N7O4S. The van der Waals surface area contributed by atoms with Gasteiger partial charge in [-0.15, -0.1) is 0 Å². The first-order chi connectivity index (χ1) is 19.2. The minimum Gasteiger partial charge on any atom is -0.370 e. The van der Waals surface area contributed by atoms with Crippen molar-refractivity contribution in [1.29, 1.82) is 0 Å². The molecule has 2 N–H and O–H groups in total. The van der Waals surface area contributed by atoms with Crippen LogP contribution in [0.2, 0.25) is 0 Å². The Morgan fingerprint density at radius 2 is 1.83 bits per heavy atom. The lowest BCUT2D eigenvalue weighted by molar-refractivity contribution is 0.0981. The van der Waals surface area contributed by atoms with Crippen molar-refractivity contribution in [2.24, 2.45) is 5.41 Å². The van der Waals surface area contributed by atoms with Gasteiger partial charge in [0.05, 0.1) is 5.56 Å². The van der Waals surface area contributed by atoms with E-state index in [1.807, 2.05) is 4.90 Å². The van der Waals surface area contributed by atoms with Crippen LogP contribution < -0.4 is 19.8 Å². The van der Waals surface area contributed by atoms with Gasteiger partial charge < -0.3 is 15.1 Å². The lowest BCUT2D eigenvalue weighted by Gasteiger charge is -2.38. The zero-order valence-corrected chi connectivity index (χ0v) is 25.4. The molecule has 0 aliphatic carbocycles. The highest BCUT2D eigenvalue weighted by molar-refractivity contribution is 7.90. The molecule has 12 heteroatoms. The zero-order chi connectivity index (χ0) is 29.6. The predicted octanol–water partition coefficient (Wildman–Crippen LogP) is 4.23. The van der Waals surface area contributed by atoms with Crippen molar-refractivity contribution in [3.63, 3.8) is 0 Å². The normalized spacial score (nSPS) is 22.5. The van der Waals surface area contributed by atoms with E-state index in [2.05, 4.69) is 54.5 Å². The molecule has 41 heavy (non-hydrogen) atoms. The minimum atomic E-state index is -4.24. The Balaban J connectivity index is 1.54. The van der Waals surface area contributed by atoms with Gasteiger partial charge in [-0.1, -0.05) is 26.8 Å². The second-order valence-corrected chi connectivity index (χ2v) is 14.6. The molecule has 222 valence electrons. The minimum absolute atomic E-state index is 0.0949. The summed E-state index contributed by atoms with van der Waals surface area (Å²) in [6, 6.07) is 7.89. The van der Waals surface area contributed by atoms with Crippen LogP contribution in [0, 0.1) is 5.41 Å². The molecule has 11 nitrogen and oxygen atoms in total. The second-order valence-electron chi connectivity index (χ2n) is 13.0. The number of anilines is 3. The Morgan fingerprint density at radius 3 is 2.59 bits per heavy atom. The number of hydrogen-bond acceptors (Lipinski definition) is 8. The molecule has 3 aliphatic rings. The summed E-state index contributed by atoms with van der Waals surface area (Å²) in [6.45, 7) is 13.1. The standard InChI is InChI=1S/C29H41N7O4S/c1-28(2,3)15-17-34-18-19-35(27(34)38)23-12-11-21-25(32-23)36-20(13-14-29(36,4)5)8-7-16-30-22-9-6-10-24(31-22)41(39,40)33-26(21)37/h6,9-12,20H,7-8,13-19H2,1-5H3,(H,30,31)(H,33,37). The molecule has 2 saturated heterocycles. The van der Waals surface area contributed by atoms with E-state index in [9.17, 15) is 18.0 Å². The largest absolute Gasteiger partial charge is 0.370 e. The van der Waals surface area contributed by atoms with Crippen molar-refractivity contribution >= 4 is 39.4 Å². The third-order valence-electron chi connectivity index (χ3n) is 8.19. The summed E-state index contributed by atoms with van der Waals surface area (Å²) in [5, 5.41) is 2.97. The van der Waals surface area contributed by atoms with Gasteiger partial charge in [0.25, 0.3) is 15.9 Å². The molecule has 3 amide bonds. The molecule has 0 aromatic carbocycles. The summed E-state index contributed by atoms with van der Waals surface area (Å²) < 4.78 is 28.6. The van der Waals surface area contributed by atoms with Crippen molar-refractivity contribution in [3.8, 4) is 0 Å². The number of amides is 3. The molecule has 2 bridgehead atoms. The average molecular weight is 584 g/mol. The van der Waals surface area contributed by atoms with Gasteiger partial charge in [-0.2, -0.15) is 8.42 Å². The van der Waals surface area contributed by atoms with Gasteiger partial charge in [-0.05, 0) is 75.6 Å². The molecule has 0 spiro atoms. The van der Waals surface area contributed by atoms with Crippen molar-refractivity contribution in [2.75, 3.05) is 41.3 Å². The lowest BCUT2D eigenvalue weighted by atomic mass is 9.92. The van der Waals surface area contributed by atoms with Crippen LogP contribution in [-0.2, 0) is 10.0 Å². The van der Waals surface area contributed by atoms with Crippen LogP contribution in [0.15, 0.2) is 35.4 Å². The number of fused-ring (bicyclic) bond motifs is 5. The van der Waals surface area contributed by atoms with Crippen molar-refractivity contribution in [3.05, 3.63) is 35.9 Å². The quantitative estimate of drug-likeness (QED) is 0.550. The van der Waals surface area contributed by atoms with E-state index in [4.69, 9.17) is 4.98 Å². The van der Waals surface area contributed by atoms with E-state index in [1.54, 1.807) is 29.2 Å². The molecule has 2 fully saturated rings. The number of nitrogens with one attached hydrogen (secondary N) is 2. The van der Waals surface area contributed by atoms with Crippen LogP contribution in [0.3, 0.4) is 0 Å². The van der Waals surface area contributed by atoms with Gasteiger partial charge in [0.15, 0.2) is 5.03 Å². The monoisotopic (exact) mass is 583 g/mol. The summed E-state index contributed by atoms with van der Waals surface area (Å²) in [5.74, 6) is 0.522. The summed E-state index contributed by atoms with van der Waals surface area (Å²) in [4.78, 5) is 41.8. The smallest absolute Gasteiger partial charge is 0.325 e. The maximum absolute atomic E-state index is 13.6. The van der Waals surface area contributed by atoms with Gasteiger partial charge in [-0.25, -0.2) is 19.5 Å². The Kier molecular flexibility index (Phi) is 7.65. The first kappa shape index (κ1) is 29.1.